The highest BCUT2D eigenvalue weighted by atomic mass is 16.5. The van der Waals surface area contributed by atoms with E-state index in [4.69, 9.17) is 9.47 Å². The number of benzene rings is 1. The van der Waals surface area contributed by atoms with E-state index in [-0.39, 0.29) is 12.5 Å². The molecule has 0 spiro atoms. The molecule has 0 unspecified atom stereocenters. The molecule has 0 atom stereocenters. The molecule has 32 heavy (non-hydrogen) atoms. The summed E-state index contributed by atoms with van der Waals surface area (Å²) in [7, 11) is 0. The smallest absolute Gasteiger partial charge is 0.241 e. The molecule has 1 aliphatic rings. The van der Waals surface area contributed by atoms with Crippen molar-refractivity contribution >= 4 is 11.9 Å². The Labute approximate surface area is 190 Å². The van der Waals surface area contributed by atoms with Crippen molar-refractivity contribution in [3.05, 3.63) is 48.2 Å². The highest BCUT2D eigenvalue weighted by Gasteiger charge is 2.17. The zero-order valence-electron chi connectivity index (χ0n) is 19.0. The monoisotopic (exact) mass is 439 g/mol. The first kappa shape index (κ1) is 23.4. The van der Waals surface area contributed by atoms with Gasteiger partial charge in [0, 0.05) is 31.4 Å². The van der Waals surface area contributed by atoms with E-state index in [1.54, 1.807) is 6.20 Å². The number of amides is 1. The summed E-state index contributed by atoms with van der Waals surface area (Å²) < 4.78 is 11.6. The lowest BCUT2D eigenvalue weighted by Crippen LogP contribution is -2.44. The Kier molecular flexibility index (Phi) is 9.16. The van der Waals surface area contributed by atoms with Crippen LogP contribution in [0, 0.1) is 0 Å². The number of likely N-dealkylation sites (tertiary alicyclic amines) is 1. The summed E-state index contributed by atoms with van der Waals surface area (Å²) in [6.45, 7) is 7.74. The van der Waals surface area contributed by atoms with Gasteiger partial charge in [-0.15, -0.1) is 0 Å². The molecular formula is C24H33N5O3. The second kappa shape index (κ2) is 12.5. The molecule has 172 valence electrons. The van der Waals surface area contributed by atoms with Crippen LogP contribution >= 0.6 is 0 Å². The van der Waals surface area contributed by atoms with Crippen LogP contribution < -0.4 is 20.1 Å². The third-order valence-corrected chi connectivity index (χ3v) is 4.98. The Morgan fingerprint density at radius 3 is 2.56 bits per heavy atom. The third kappa shape index (κ3) is 7.14. The largest absolute Gasteiger partial charge is 0.494 e. The highest BCUT2D eigenvalue weighted by molar-refractivity contribution is 5.86. The summed E-state index contributed by atoms with van der Waals surface area (Å²) in [5.74, 6) is 2.69. The Morgan fingerprint density at radius 2 is 1.84 bits per heavy atom. The molecule has 2 heterocycles. The zero-order valence-corrected chi connectivity index (χ0v) is 19.0. The van der Waals surface area contributed by atoms with Crippen molar-refractivity contribution in [1.82, 2.24) is 20.5 Å². The average molecular weight is 440 g/mol. The molecule has 1 amide bonds. The molecule has 0 radical (unpaired) electrons. The number of pyridine rings is 1. The number of carbonyl (C=O) groups is 1. The van der Waals surface area contributed by atoms with Crippen LogP contribution in [-0.2, 0) is 11.3 Å². The van der Waals surface area contributed by atoms with Gasteiger partial charge in [-0.25, -0.2) is 9.98 Å². The number of hydrogen-bond acceptors (Lipinski definition) is 5. The van der Waals surface area contributed by atoms with Gasteiger partial charge in [-0.05, 0) is 56.5 Å². The van der Waals surface area contributed by atoms with E-state index in [0.717, 1.165) is 43.7 Å². The van der Waals surface area contributed by atoms with Gasteiger partial charge in [-0.3, -0.25) is 4.79 Å². The van der Waals surface area contributed by atoms with Gasteiger partial charge in [-0.2, -0.15) is 0 Å². The molecule has 2 N–H and O–H groups in total. The maximum atomic E-state index is 12.3. The second-order valence-corrected chi connectivity index (χ2v) is 7.53. The maximum Gasteiger partial charge on any atom is 0.241 e. The Morgan fingerprint density at radius 1 is 1.09 bits per heavy atom. The molecule has 1 fully saturated rings. The number of hydrogen-bond donors (Lipinski definition) is 2. The molecule has 1 aromatic carbocycles. The number of aliphatic imine (C=N–C) groups is 1. The Hall–Kier alpha value is -3.29. The van der Waals surface area contributed by atoms with Crippen LogP contribution in [0.5, 0.6) is 17.4 Å². The first-order chi connectivity index (χ1) is 15.7. The predicted octanol–water partition coefficient (Wildman–Crippen LogP) is 3.34. The lowest BCUT2D eigenvalue weighted by molar-refractivity contribution is -0.128. The number of carbonyl (C=O) groups excluding carboxylic acids is 1. The molecule has 8 heteroatoms. The van der Waals surface area contributed by atoms with Gasteiger partial charge in [0.25, 0.3) is 0 Å². The van der Waals surface area contributed by atoms with Crippen LogP contribution in [0.25, 0.3) is 0 Å². The normalized spacial score (nSPS) is 13.7. The van der Waals surface area contributed by atoms with E-state index in [1.807, 2.05) is 48.2 Å². The third-order valence-electron chi connectivity index (χ3n) is 4.98. The summed E-state index contributed by atoms with van der Waals surface area (Å²) in [5.41, 5.74) is 0.849. The van der Waals surface area contributed by atoms with Crippen molar-refractivity contribution in [3.63, 3.8) is 0 Å². The van der Waals surface area contributed by atoms with Gasteiger partial charge in [0.15, 0.2) is 5.96 Å². The fraction of sp³-hybridized carbons (Fsp3) is 0.458. The molecule has 1 aromatic heterocycles. The fourth-order valence-corrected chi connectivity index (χ4v) is 3.32. The summed E-state index contributed by atoms with van der Waals surface area (Å²) in [6, 6.07) is 11.3. The number of nitrogens with one attached hydrogen (secondary N) is 2. The van der Waals surface area contributed by atoms with Gasteiger partial charge < -0.3 is 25.0 Å². The molecule has 0 aliphatic carbocycles. The van der Waals surface area contributed by atoms with Gasteiger partial charge in [0.1, 0.15) is 11.5 Å². The van der Waals surface area contributed by atoms with Crippen LogP contribution in [0.3, 0.4) is 0 Å². The molecule has 2 aromatic rings. The molecule has 1 aliphatic heterocycles. The fourth-order valence-electron chi connectivity index (χ4n) is 3.32. The molecule has 1 saturated heterocycles. The van der Waals surface area contributed by atoms with Gasteiger partial charge in [0.05, 0.1) is 19.7 Å². The molecule has 3 rings (SSSR count). The second-order valence-electron chi connectivity index (χ2n) is 7.53. The van der Waals surface area contributed by atoms with Crippen LogP contribution in [-0.4, -0.2) is 54.5 Å². The van der Waals surface area contributed by atoms with Crippen LogP contribution in [0.15, 0.2) is 47.6 Å². The van der Waals surface area contributed by atoms with Gasteiger partial charge in [-0.1, -0.05) is 13.0 Å². The van der Waals surface area contributed by atoms with Crippen molar-refractivity contribution < 1.29 is 14.3 Å². The number of ether oxygens (including phenoxy) is 2. The van der Waals surface area contributed by atoms with E-state index >= 15 is 0 Å². The average Bonchev–Trinajstić information content (AvgIpc) is 3.36. The van der Waals surface area contributed by atoms with E-state index in [2.05, 4.69) is 27.5 Å². The lowest BCUT2D eigenvalue weighted by atomic mass is 10.2. The maximum absolute atomic E-state index is 12.3. The first-order valence-electron chi connectivity index (χ1n) is 11.3. The van der Waals surface area contributed by atoms with Crippen molar-refractivity contribution in [2.45, 2.75) is 39.7 Å². The van der Waals surface area contributed by atoms with Crippen LogP contribution in [0.2, 0.25) is 0 Å². The van der Waals surface area contributed by atoms with Crippen molar-refractivity contribution in [3.8, 4) is 17.4 Å². The molecule has 0 bridgehead atoms. The summed E-state index contributed by atoms with van der Waals surface area (Å²) in [4.78, 5) is 23.2. The Balaban J connectivity index is 1.61. The molecule has 8 nitrogen and oxygen atoms in total. The van der Waals surface area contributed by atoms with Crippen molar-refractivity contribution in [2.75, 3.05) is 32.8 Å². The number of aromatic nitrogens is 1. The standard InChI is InChI=1S/C24H33N5O3/c1-3-16-31-20-9-11-21(12-10-20)32-23-19(8-7-13-26-23)17-27-24(25-4-2)28-18-22(30)29-14-5-6-15-29/h7-13H,3-6,14-18H2,1-2H3,(H2,25,27,28). The van der Waals surface area contributed by atoms with E-state index in [0.29, 0.717) is 37.3 Å². The minimum atomic E-state index is 0.102. The molecular weight excluding hydrogens is 406 g/mol. The van der Waals surface area contributed by atoms with Gasteiger partial charge in [0.2, 0.25) is 11.8 Å². The zero-order chi connectivity index (χ0) is 22.6. The highest BCUT2D eigenvalue weighted by Crippen LogP contribution is 2.25. The van der Waals surface area contributed by atoms with E-state index in [1.165, 1.54) is 0 Å². The summed E-state index contributed by atoms with van der Waals surface area (Å²) in [5, 5.41) is 6.32. The van der Waals surface area contributed by atoms with E-state index < -0.39 is 0 Å². The number of guanidine groups is 1. The van der Waals surface area contributed by atoms with Crippen LogP contribution in [0.4, 0.5) is 0 Å². The SMILES string of the molecule is CCCOc1ccc(Oc2ncccc2CN=C(NCC)NCC(=O)N2CCCC2)cc1. The summed E-state index contributed by atoms with van der Waals surface area (Å²) >= 11 is 0. The number of rotatable bonds is 10. The molecule has 0 saturated carbocycles. The topological polar surface area (TPSA) is 88.1 Å². The van der Waals surface area contributed by atoms with E-state index in [9.17, 15) is 4.79 Å². The van der Waals surface area contributed by atoms with Crippen LogP contribution in [0.1, 0.15) is 38.7 Å². The first-order valence-corrected chi connectivity index (χ1v) is 11.3. The minimum Gasteiger partial charge on any atom is -0.494 e. The quantitative estimate of drug-likeness (QED) is 0.436. The number of nitrogens with zero attached hydrogens (tertiary/aromatic N) is 3. The predicted molar refractivity (Wildman–Crippen MR) is 125 cm³/mol. The van der Waals surface area contributed by atoms with Crippen molar-refractivity contribution in [1.29, 1.82) is 0 Å². The Bertz CT molecular complexity index is 879. The van der Waals surface area contributed by atoms with Crippen molar-refractivity contribution in [2.24, 2.45) is 4.99 Å². The summed E-state index contributed by atoms with van der Waals surface area (Å²) in [6.07, 6.45) is 4.82. The van der Waals surface area contributed by atoms with Gasteiger partial charge >= 0.3 is 0 Å². The minimum absolute atomic E-state index is 0.102. The lowest BCUT2D eigenvalue weighted by Gasteiger charge is -2.17.